The van der Waals surface area contributed by atoms with Gasteiger partial charge in [0.25, 0.3) is 0 Å². The molecule has 1 fully saturated rings. The van der Waals surface area contributed by atoms with Crippen LogP contribution in [0, 0.1) is 29.2 Å². The van der Waals surface area contributed by atoms with Crippen LogP contribution >= 0.6 is 0 Å². The minimum absolute atomic E-state index is 0.130. The second-order valence-electron chi connectivity index (χ2n) is 9.43. The van der Waals surface area contributed by atoms with Gasteiger partial charge in [0.15, 0.2) is 0 Å². The highest BCUT2D eigenvalue weighted by Crippen LogP contribution is 2.27. The Balaban J connectivity index is 2.22. The van der Waals surface area contributed by atoms with Crippen molar-refractivity contribution in [1.29, 1.82) is 0 Å². The molecule has 2 rings (SSSR count). The molecule has 4 atom stereocenters. The second kappa shape index (κ2) is 10.3. The molecule has 0 bridgehead atoms. The molecule has 0 radical (unpaired) electrons. The molecule has 1 aromatic carbocycles. The van der Waals surface area contributed by atoms with Gasteiger partial charge in [-0.15, -0.1) is 11.5 Å². The van der Waals surface area contributed by atoms with Gasteiger partial charge >= 0.3 is 6.09 Å². The molecule has 6 heteroatoms. The van der Waals surface area contributed by atoms with Crippen molar-refractivity contribution in [3.05, 3.63) is 35.9 Å². The summed E-state index contributed by atoms with van der Waals surface area (Å²) in [6.07, 6.45) is -0.815. The SMILES string of the molecule is CC(C(=O)N1C(=O)OC[C@@H]1C(C)C)C(C#C[Si](C)(C)C)[C@@H](C)OCc1ccccc1. The van der Waals surface area contributed by atoms with Gasteiger partial charge < -0.3 is 9.47 Å². The van der Waals surface area contributed by atoms with Gasteiger partial charge in [0.05, 0.1) is 30.6 Å². The predicted molar refractivity (Wildman–Crippen MR) is 121 cm³/mol. The molecule has 1 aromatic rings. The number of rotatable bonds is 7. The summed E-state index contributed by atoms with van der Waals surface area (Å²) in [5.74, 6) is 2.45. The van der Waals surface area contributed by atoms with Gasteiger partial charge in [0.2, 0.25) is 5.91 Å². The first-order valence-corrected chi connectivity index (χ1v) is 14.2. The maximum atomic E-state index is 13.3. The molecule has 164 valence electrons. The summed E-state index contributed by atoms with van der Waals surface area (Å²) in [5.41, 5.74) is 4.47. The average molecular weight is 430 g/mol. The summed E-state index contributed by atoms with van der Waals surface area (Å²) < 4.78 is 11.3. The van der Waals surface area contributed by atoms with Crippen molar-refractivity contribution in [2.45, 2.75) is 66.1 Å². The largest absolute Gasteiger partial charge is 0.447 e. The fourth-order valence-electron chi connectivity index (χ4n) is 3.41. The van der Waals surface area contributed by atoms with Crippen molar-refractivity contribution in [3.63, 3.8) is 0 Å². The first kappa shape index (κ1) is 24.2. The van der Waals surface area contributed by atoms with Gasteiger partial charge in [-0.3, -0.25) is 4.79 Å². The monoisotopic (exact) mass is 429 g/mol. The Labute approximate surface area is 182 Å². The quantitative estimate of drug-likeness (QED) is 0.464. The molecule has 0 spiro atoms. The maximum Gasteiger partial charge on any atom is 0.416 e. The van der Waals surface area contributed by atoms with Crippen LogP contribution in [0.25, 0.3) is 0 Å². The van der Waals surface area contributed by atoms with E-state index in [0.717, 1.165) is 5.56 Å². The lowest BCUT2D eigenvalue weighted by Crippen LogP contribution is -2.47. The Kier molecular flexibility index (Phi) is 8.28. The number of carbonyl (C=O) groups excluding carboxylic acids is 2. The molecule has 1 heterocycles. The molecule has 30 heavy (non-hydrogen) atoms. The Bertz CT molecular complexity index is 791. The molecule has 0 N–H and O–H groups in total. The maximum absolute atomic E-state index is 13.3. The molecule has 0 aliphatic carbocycles. The van der Waals surface area contributed by atoms with Crippen molar-refractivity contribution in [3.8, 4) is 11.5 Å². The lowest BCUT2D eigenvalue weighted by molar-refractivity contribution is -0.136. The predicted octanol–water partition coefficient (Wildman–Crippen LogP) is 4.73. The standard InChI is InChI=1S/C24H35NO4Si/c1-17(2)22-16-29-24(27)25(22)23(26)18(3)21(13-14-30(5,6)7)19(4)28-15-20-11-9-8-10-12-20/h8-12,17-19,21-22H,15-16H2,1-7H3/t18?,19-,21?,22-/m1/s1. The highest BCUT2D eigenvalue weighted by molar-refractivity contribution is 6.83. The Morgan fingerprint density at radius 2 is 1.83 bits per heavy atom. The number of nitrogens with zero attached hydrogens (tertiary/aromatic N) is 1. The topological polar surface area (TPSA) is 55.8 Å². The summed E-state index contributed by atoms with van der Waals surface area (Å²) in [5, 5.41) is 0. The number of amides is 2. The van der Waals surface area contributed by atoms with Crippen molar-refractivity contribution < 1.29 is 19.1 Å². The van der Waals surface area contributed by atoms with Crippen molar-refractivity contribution in [2.24, 2.45) is 17.8 Å². The van der Waals surface area contributed by atoms with Gasteiger partial charge in [0.1, 0.15) is 14.7 Å². The zero-order valence-corrected chi connectivity index (χ0v) is 20.3. The fourth-order valence-corrected chi connectivity index (χ4v) is 4.01. The number of imide groups is 1. The number of hydrogen-bond acceptors (Lipinski definition) is 4. The van der Waals surface area contributed by atoms with Crippen molar-refractivity contribution in [2.75, 3.05) is 6.61 Å². The van der Waals surface area contributed by atoms with Crippen LogP contribution in [0.2, 0.25) is 19.6 Å². The molecule has 1 saturated heterocycles. The highest BCUT2D eigenvalue weighted by Gasteiger charge is 2.43. The number of cyclic esters (lactones) is 1. The summed E-state index contributed by atoms with van der Waals surface area (Å²) in [6.45, 7) is 15.0. The van der Waals surface area contributed by atoms with Crippen LogP contribution in [0.4, 0.5) is 4.79 Å². The molecule has 2 amide bonds. The van der Waals surface area contributed by atoms with Gasteiger partial charge in [-0.05, 0) is 18.4 Å². The van der Waals surface area contributed by atoms with Crippen LogP contribution < -0.4 is 0 Å². The summed E-state index contributed by atoms with van der Waals surface area (Å²) in [7, 11) is -1.64. The first-order valence-electron chi connectivity index (χ1n) is 10.7. The van der Waals surface area contributed by atoms with E-state index >= 15 is 0 Å². The Morgan fingerprint density at radius 3 is 2.40 bits per heavy atom. The lowest BCUT2D eigenvalue weighted by Gasteiger charge is -2.30. The van der Waals surface area contributed by atoms with Crippen LogP contribution in [0.15, 0.2) is 30.3 Å². The van der Waals surface area contributed by atoms with Gasteiger partial charge in [-0.1, -0.05) is 70.7 Å². The van der Waals surface area contributed by atoms with E-state index in [-0.39, 0.29) is 36.5 Å². The van der Waals surface area contributed by atoms with Crippen molar-refractivity contribution in [1.82, 2.24) is 4.90 Å². The molecule has 0 aromatic heterocycles. The van der Waals surface area contributed by atoms with Gasteiger partial charge in [-0.2, -0.15) is 0 Å². The minimum atomic E-state index is -1.64. The summed E-state index contributed by atoms with van der Waals surface area (Å²) >= 11 is 0. The molecular weight excluding hydrogens is 394 g/mol. The van der Waals surface area contributed by atoms with E-state index in [1.165, 1.54) is 4.90 Å². The normalized spacial score (nSPS) is 19.7. The van der Waals surface area contributed by atoms with E-state index < -0.39 is 20.1 Å². The summed E-state index contributed by atoms with van der Waals surface area (Å²) in [6, 6.07) is 9.70. The van der Waals surface area contributed by atoms with E-state index in [9.17, 15) is 9.59 Å². The zero-order valence-electron chi connectivity index (χ0n) is 19.3. The van der Waals surface area contributed by atoms with E-state index in [4.69, 9.17) is 9.47 Å². The van der Waals surface area contributed by atoms with Crippen LogP contribution in [0.5, 0.6) is 0 Å². The van der Waals surface area contributed by atoms with Gasteiger partial charge in [-0.25, -0.2) is 9.69 Å². The Hall–Kier alpha value is -2.10. The minimum Gasteiger partial charge on any atom is -0.447 e. The zero-order chi connectivity index (χ0) is 22.5. The van der Waals surface area contributed by atoms with Crippen LogP contribution in [0.1, 0.15) is 33.3 Å². The number of benzene rings is 1. The number of carbonyl (C=O) groups is 2. The Morgan fingerprint density at radius 1 is 1.20 bits per heavy atom. The number of ether oxygens (including phenoxy) is 2. The van der Waals surface area contributed by atoms with Crippen LogP contribution in [0.3, 0.4) is 0 Å². The molecule has 0 saturated carbocycles. The third-order valence-electron chi connectivity index (χ3n) is 5.32. The fraction of sp³-hybridized carbons (Fsp3) is 0.583. The van der Waals surface area contributed by atoms with E-state index in [1.54, 1.807) is 0 Å². The molecule has 5 nitrogen and oxygen atoms in total. The smallest absolute Gasteiger partial charge is 0.416 e. The number of hydrogen-bond donors (Lipinski definition) is 0. The third kappa shape index (κ3) is 6.45. The summed E-state index contributed by atoms with van der Waals surface area (Å²) in [4.78, 5) is 26.9. The van der Waals surface area contributed by atoms with E-state index in [2.05, 4.69) is 31.1 Å². The van der Waals surface area contributed by atoms with E-state index in [0.29, 0.717) is 6.61 Å². The van der Waals surface area contributed by atoms with Gasteiger partial charge in [0, 0.05) is 0 Å². The third-order valence-corrected chi connectivity index (χ3v) is 6.21. The first-order chi connectivity index (χ1) is 14.0. The molecule has 1 aliphatic heterocycles. The van der Waals surface area contributed by atoms with Crippen LogP contribution in [-0.2, 0) is 20.9 Å². The van der Waals surface area contributed by atoms with Crippen LogP contribution in [-0.4, -0.2) is 43.7 Å². The highest BCUT2D eigenvalue weighted by atomic mass is 28.3. The molecule has 2 unspecified atom stereocenters. The molecule has 1 aliphatic rings. The second-order valence-corrected chi connectivity index (χ2v) is 14.2. The average Bonchev–Trinajstić information content (AvgIpc) is 3.07. The lowest BCUT2D eigenvalue weighted by atomic mass is 9.88. The van der Waals surface area contributed by atoms with Crippen molar-refractivity contribution >= 4 is 20.1 Å². The van der Waals surface area contributed by atoms with E-state index in [1.807, 2.05) is 58.0 Å². The molecular formula is C24H35NO4Si.